The van der Waals surface area contributed by atoms with Gasteiger partial charge in [0.25, 0.3) is 0 Å². The first-order valence-electron chi connectivity index (χ1n) is 6.40. The van der Waals surface area contributed by atoms with Crippen LogP contribution in [0.1, 0.15) is 24.0 Å². The first kappa shape index (κ1) is 14.4. The van der Waals surface area contributed by atoms with Crippen molar-refractivity contribution in [2.45, 2.75) is 32.9 Å². The SMILES string of the molecule is CCCc1nc(CNC(=O)Cn2cccnc2=O)cs1. The number of carbonyl (C=O) groups is 1. The Morgan fingerprint density at radius 1 is 1.50 bits per heavy atom. The normalized spacial score (nSPS) is 10.4. The maximum Gasteiger partial charge on any atom is 0.347 e. The minimum atomic E-state index is -0.429. The second-order valence-corrected chi connectivity index (χ2v) is 5.23. The summed E-state index contributed by atoms with van der Waals surface area (Å²) in [5.41, 5.74) is 0.423. The Kier molecular flexibility index (Phi) is 5.00. The van der Waals surface area contributed by atoms with E-state index in [2.05, 4.69) is 22.2 Å². The highest BCUT2D eigenvalue weighted by Gasteiger charge is 2.06. The molecule has 2 rings (SSSR count). The average Bonchev–Trinajstić information content (AvgIpc) is 2.87. The Labute approximate surface area is 120 Å². The monoisotopic (exact) mass is 292 g/mol. The van der Waals surface area contributed by atoms with E-state index in [-0.39, 0.29) is 12.5 Å². The van der Waals surface area contributed by atoms with E-state index in [9.17, 15) is 9.59 Å². The van der Waals surface area contributed by atoms with Crippen molar-refractivity contribution < 1.29 is 4.79 Å². The van der Waals surface area contributed by atoms with Crippen LogP contribution in [0.15, 0.2) is 28.6 Å². The molecule has 7 heteroatoms. The second-order valence-electron chi connectivity index (χ2n) is 4.29. The smallest absolute Gasteiger partial charge is 0.347 e. The molecule has 1 N–H and O–H groups in total. The highest BCUT2D eigenvalue weighted by Crippen LogP contribution is 2.11. The fourth-order valence-electron chi connectivity index (χ4n) is 1.67. The van der Waals surface area contributed by atoms with Gasteiger partial charge in [0, 0.05) is 17.8 Å². The first-order valence-corrected chi connectivity index (χ1v) is 7.28. The lowest BCUT2D eigenvalue weighted by atomic mass is 10.3. The van der Waals surface area contributed by atoms with E-state index in [0.717, 1.165) is 23.5 Å². The zero-order valence-corrected chi connectivity index (χ0v) is 12.0. The van der Waals surface area contributed by atoms with Crippen molar-refractivity contribution in [3.8, 4) is 0 Å². The molecule has 0 aromatic carbocycles. The van der Waals surface area contributed by atoms with Gasteiger partial charge in [-0.2, -0.15) is 0 Å². The Balaban J connectivity index is 1.86. The van der Waals surface area contributed by atoms with Gasteiger partial charge >= 0.3 is 5.69 Å². The molecule has 0 bridgehead atoms. The average molecular weight is 292 g/mol. The topological polar surface area (TPSA) is 76.9 Å². The molecule has 0 atom stereocenters. The Morgan fingerprint density at radius 2 is 2.35 bits per heavy atom. The van der Waals surface area contributed by atoms with Gasteiger partial charge in [-0.05, 0) is 18.9 Å². The van der Waals surface area contributed by atoms with Crippen LogP contribution in [0.2, 0.25) is 0 Å². The fourth-order valence-corrected chi connectivity index (χ4v) is 2.57. The summed E-state index contributed by atoms with van der Waals surface area (Å²) in [5, 5.41) is 5.78. The predicted octanol–water partition coefficient (Wildman–Crippen LogP) is 0.969. The molecule has 0 unspecified atom stereocenters. The molecular weight excluding hydrogens is 276 g/mol. The minimum absolute atomic E-state index is 0.0291. The fraction of sp³-hybridized carbons (Fsp3) is 0.385. The summed E-state index contributed by atoms with van der Waals surface area (Å²) in [7, 11) is 0. The van der Waals surface area contributed by atoms with E-state index in [4.69, 9.17) is 0 Å². The molecule has 0 radical (unpaired) electrons. The predicted molar refractivity (Wildman–Crippen MR) is 76.5 cm³/mol. The van der Waals surface area contributed by atoms with Gasteiger partial charge in [-0.15, -0.1) is 11.3 Å². The van der Waals surface area contributed by atoms with E-state index >= 15 is 0 Å². The number of nitrogens with zero attached hydrogens (tertiary/aromatic N) is 3. The largest absolute Gasteiger partial charge is 0.349 e. The number of hydrogen-bond acceptors (Lipinski definition) is 5. The number of nitrogens with one attached hydrogen (secondary N) is 1. The lowest BCUT2D eigenvalue weighted by Gasteiger charge is -2.05. The Bertz CT molecular complexity index is 635. The number of hydrogen-bond donors (Lipinski definition) is 1. The lowest BCUT2D eigenvalue weighted by molar-refractivity contribution is -0.121. The third kappa shape index (κ3) is 3.99. The zero-order valence-electron chi connectivity index (χ0n) is 11.2. The first-order chi connectivity index (χ1) is 9.69. The molecule has 0 spiro atoms. The van der Waals surface area contributed by atoms with Gasteiger partial charge in [0.15, 0.2) is 0 Å². The van der Waals surface area contributed by atoms with Crippen molar-refractivity contribution in [3.05, 3.63) is 45.0 Å². The summed E-state index contributed by atoms with van der Waals surface area (Å²) in [5.74, 6) is -0.231. The van der Waals surface area contributed by atoms with Crippen molar-refractivity contribution >= 4 is 17.2 Å². The molecule has 2 heterocycles. The van der Waals surface area contributed by atoms with Crippen molar-refractivity contribution in [2.75, 3.05) is 0 Å². The van der Waals surface area contributed by atoms with E-state index < -0.39 is 5.69 Å². The molecule has 106 valence electrons. The van der Waals surface area contributed by atoms with Crippen molar-refractivity contribution in [1.82, 2.24) is 19.9 Å². The molecular formula is C13H16N4O2S. The molecule has 20 heavy (non-hydrogen) atoms. The summed E-state index contributed by atoms with van der Waals surface area (Å²) in [4.78, 5) is 31.1. The summed E-state index contributed by atoms with van der Waals surface area (Å²) in [6, 6.07) is 1.62. The van der Waals surface area contributed by atoms with Crippen LogP contribution in [-0.4, -0.2) is 20.4 Å². The van der Waals surface area contributed by atoms with Crippen LogP contribution >= 0.6 is 11.3 Å². The molecule has 2 aromatic rings. The van der Waals surface area contributed by atoms with Gasteiger partial charge in [0.1, 0.15) is 6.54 Å². The van der Waals surface area contributed by atoms with E-state index in [1.807, 2.05) is 5.38 Å². The molecule has 0 aliphatic rings. The summed E-state index contributed by atoms with van der Waals surface area (Å²) in [6.45, 7) is 2.46. The second kappa shape index (κ2) is 6.95. The van der Waals surface area contributed by atoms with Crippen LogP contribution in [0.3, 0.4) is 0 Å². The molecule has 0 saturated carbocycles. The Morgan fingerprint density at radius 3 is 3.10 bits per heavy atom. The minimum Gasteiger partial charge on any atom is -0.349 e. The molecule has 2 aromatic heterocycles. The van der Waals surface area contributed by atoms with Gasteiger partial charge in [0.05, 0.1) is 17.2 Å². The molecule has 6 nitrogen and oxygen atoms in total. The van der Waals surface area contributed by atoms with Gasteiger partial charge < -0.3 is 5.32 Å². The summed E-state index contributed by atoms with van der Waals surface area (Å²) in [6.07, 6.45) is 4.96. The molecule has 0 aliphatic heterocycles. The number of aromatic nitrogens is 3. The summed E-state index contributed by atoms with van der Waals surface area (Å²) >= 11 is 1.60. The van der Waals surface area contributed by atoms with Crippen LogP contribution in [0, 0.1) is 0 Å². The number of carbonyl (C=O) groups excluding carboxylic acids is 1. The van der Waals surface area contributed by atoms with Gasteiger partial charge in [-0.1, -0.05) is 6.92 Å². The highest BCUT2D eigenvalue weighted by molar-refractivity contribution is 7.09. The van der Waals surface area contributed by atoms with E-state index in [1.54, 1.807) is 17.4 Å². The number of aryl methyl sites for hydroxylation is 1. The zero-order chi connectivity index (χ0) is 14.4. The van der Waals surface area contributed by atoms with E-state index in [1.165, 1.54) is 17.0 Å². The van der Waals surface area contributed by atoms with Crippen molar-refractivity contribution in [1.29, 1.82) is 0 Å². The van der Waals surface area contributed by atoms with Crippen LogP contribution in [0.25, 0.3) is 0 Å². The molecule has 0 aliphatic carbocycles. The van der Waals surface area contributed by atoms with Crippen molar-refractivity contribution in [3.63, 3.8) is 0 Å². The third-order valence-corrected chi connectivity index (χ3v) is 3.58. The number of thiazole rings is 1. The highest BCUT2D eigenvalue weighted by atomic mass is 32.1. The number of rotatable bonds is 6. The Hall–Kier alpha value is -2.02. The van der Waals surface area contributed by atoms with E-state index in [0.29, 0.717) is 6.54 Å². The van der Waals surface area contributed by atoms with Gasteiger partial charge in [-0.25, -0.2) is 14.8 Å². The molecule has 0 saturated heterocycles. The van der Waals surface area contributed by atoms with Gasteiger partial charge in [-0.3, -0.25) is 9.36 Å². The maximum absolute atomic E-state index is 11.7. The quantitative estimate of drug-likeness (QED) is 0.860. The number of amides is 1. The molecule has 1 amide bonds. The summed E-state index contributed by atoms with van der Waals surface area (Å²) < 4.78 is 1.26. The van der Waals surface area contributed by atoms with Gasteiger partial charge in [0.2, 0.25) is 5.91 Å². The van der Waals surface area contributed by atoms with Crippen LogP contribution < -0.4 is 11.0 Å². The van der Waals surface area contributed by atoms with Crippen LogP contribution in [0.5, 0.6) is 0 Å². The molecule has 0 fully saturated rings. The van der Waals surface area contributed by atoms with Crippen LogP contribution in [-0.2, 0) is 24.3 Å². The van der Waals surface area contributed by atoms with Crippen LogP contribution in [0.4, 0.5) is 0 Å². The third-order valence-electron chi connectivity index (χ3n) is 2.63. The van der Waals surface area contributed by atoms with Crippen molar-refractivity contribution in [2.24, 2.45) is 0 Å². The standard InChI is InChI=1S/C13H16N4O2S/c1-2-4-12-16-10(9-20-12)7-15-11(18)8-17-6-3-5-14-13(17)19/h3,5-6,9H,2,4,7-8H2,1H3,(H,15,18). The maximum atomic E-state index is 11.7. The lowest BCUT2D eigenvalue weighted by Crippen LogP contribution is -2.32.